The van der Waals surface area contributed by atoms with E-state index in [0.29, 0.717) is 11.7 Å². The fourth-order valence-electron chi connectivity index (χ4n) is 3.03. The predicted octanol–water partition coefficient (Wildman–Crippen LogP) is 2.23. The number of urea groups is 1. The molecule has 1 aromatic heterocycles. The van der Waals surface area contributed by atoms with Gasteiger partial charge in [0.2, 0.25) is 5.82 Å². The maximum atomic E-state index is 12.0. The first kappa shape index (κ1) is 18.0. The molecule has 2 N–H and O–H groups in total. The Morgan fingerprint density at radius 2 is 1.88 bits per heavy atom. The van der Waals surface area contributed by atoms with E-state index in [4.69, 9.17) is 0 Å². The first-order chi connectivity index (χ1) is 12.5. The zero-order chi connectivity index (χ0) is 18.5. The van der Waals surface area contributed by atoms with Gasteiger partial charge in [-0.25, -0.2) is 4.79 Å². The summed E-state index contributed by atoms with van der Waals surface area (Å²) in [4.78, 5) is 25.0. The van der Waals surface area contributed by atoms with Crippen molar-refractivity contribution in [2.24, 2.45) is 0 Å². The molecule has 0 aliphatic heterocycles. The summed E-state index contributed by atoms with van der Waals surface area (Å²) in [7, 11) is 0. The SMILES string of the molecule is CC(C)c1ccc(-c2nnn(CC(=O)NC(=O)NC3CCCC3)n2)cc1. The van der Waals surface area contributed by atoms with Crippen LogP contribution in [0.25, 0.3) is 11.4 Å². The lowest BCUT2D eigenvalue weighted by molar-refractivity contribution is -0.121. The molecule has 138 valence electrons. The summed E-state index contributed by atoms with van der Waals surface area (Å²) in [6.45, 7) is 4.10. The van der Waals surface area contributed by atoms with Crippen molar-refractivity contribution in [3.63, 3.8) is 0 Å². The van der Waals surface area contributed by atoms with Crippen molar-refractivity contribution >= 4 is 11.9 Å². The van der Waals surface area contributed by atoms with Crippen LogP contribution in [0.3, 0.4) is 0 Å². The van der Waals surface area contributed by atoms with Gasteiger partial charge in [-0.3, -0.25) is 10.1 Å². The van der Waals surface area contributed by atoms with Crippen molar-refractivity contribution in [3.05, 3.63) is 29.8 Å². The third kappa shape index (κ3) is 4.65. The van der Waals surface area contributed by atoms with E-state index in [1.165, 1.54) is 10.4 Å². The van der Waals surface area contributed by atoms with Gasteiger partial charge in [-0.15, -0.1) is 10.2 Å². The Bertz CT molecular complexity index is 762. The van der Waals surface area contributed by atoms with Gasteiger partial charge in [-0.05, 0) is 29.5 Å². The highest BCUT2D eigenvalue weighted by Gasteiger charge is 2.18. The fourth-order valence-corrected chi connectivity index (χ4v) is 3.03. The largest absolute Gasteiger partial charge is 0.335 e. The van der Waals surface area contributed by atoms with Crippen LogP contribution >= 0.6 is 0 Å². The number of carbonyl (C=O) groups excluding carboxylic acids is 2. The molecule has 3 rings (SSSR count). The molecule has 8 heteroatoms. The summed E-state index contributed by atoms with van der Waals surface area (Å²) in [5.41, 5.74) is 2.06. The number of hydrogen-bond donors (Lipinski definition) is 2. The predicted molar refractivity (Wildman–Crippen MR) is 96.3 cm³/mol. The lowest BCUT2D eigenvalue weighted by atomic mass is 10.0. The molecule has 0 spiro atoms. The topological polar surface area (TPSA) is 102 Å². The van der Waals surface area contributed by atoms with E-state index in [1.54, 1.807) is 0 Å². The molecule has 0 bridgehead atoms. The summed E-state index contributed by atoms with van der Waals surface area (Å²) in [6, 6.07) is 7.62. The molecule has 3 amide bonds. The van der Waals surface area contributed by atoms with Gasteiger partial charge in [0.15, 0.2) is 0 Å². The van der Waals surface area contributed by atoms with Gasteiger partial charge in [0.05, 0.1) is 0 Å². The molecular weight excluding hydrogens is 332 g/mol. The second-order valence-electron chi connectivity index (χ2n) is 6.92. The van der Waals surface area contributed by atoms with Gasteiger partial charge in [0, 0.05) is 11.6 Å². The molecule has 1 fully saturated rings. The Morgan fingerprint density at radius 3 is 2.54 bits per heavy atom. The van der Waals surface area contributed by atoms with Gasteiger partial charge in [-0.1, -0.05) is 51.0 Å². The lowest BCUT2D eigenvalue weighted by Crippen LogP contribution is -2.44. The molecule has 1 aliphatic carbocycles. The minimum absolute atomic E-state index is 0.158. The number of hydrogen-bond acceptors (Lipinski definition) is 5. The average Bonchev–Trinajstić information content (AvgIpc) is 3.26. The number of aromatic nitrogens is 4. The minimum atomic E-state index is -0.473. The Balaban J connectivity index is 1.54. The van der Waals surface area contributed by atoms with Crippen LogP contribution in [0.5, 0.6) is 0 Å². The van der Waals surface area contributed by atoms with Crippen molar-refractivity contribution in [1.29, 1.82) is 0 Å². The second kappa shape index (κ2) is 8.07. The number of carbonyl (C=O) groups is 2. The minimum Gasteiger partial charge on any atom is -0.335 e. The summed E-state index contributed by atoms with van der Waals surface area (Å²) in [5.74, 6) is 0.426. The standard InChI is InChI=1S/C18H24N6O2/c1-12(2)13-7-9-14(10-8-13)17-21-23-24(22-17)11-16(25)20-18(26)19-15-5-3-4-6-15/h7-10,12,15H,3-6,11H2,1-2H3,(H2,19,20,25,26). The van der Waals surface area contributed by atoms with E-state index in [0.717, 1.165) is 31.2 Å². The van der Waals surface area contributed by atoms with Crippen LogP contribution in [-0.2, 0) is 11.3 Å². The Morgan fingerprint density at radius 1 is 1.19 bits per heavy atom. The van der Waals surface area contributed by atoms with Crippen LogP contribution in [0.1, 0.15) is 51.0 Å². The first-order valence-electron chi connectivity index (χ1n) is 9.00. The highest BCUT2D eigenvalue weighted by molar-refractivity contribution is 5.94. The van der Waals surface area contributed by atoms with Gasteiger partial charge < -0.3 is 5.32 Å². The highest BCUT2D eigenvalue weighted by Crippen LogP contribution is 2.19. The maximum absolute atomic E-state index is 12.0. The van der Waals surface area contributed by atoms with Crippen LogP contribution in [0, 0.1) is 0 Å². The highest BCUT2D eigenvalue weighted by atomic mass is 16.2. The summed E-state index contributed by atoms with van der Waals surface area (Å²) >= 11 is 0. The molecule has 0 radical (unpaired) electrons. The monoisotopic (exact) mass is 356 g/mol. The van der Waals surface area contributed by atoms with E-state index in [1.807, 2.05) is 24.3 Å². The van der Waals surface area contributed by atoms with Crippen molar-refractivity contribution in [3.8, 4) is 11.4 Å². The normalized spacial score (nSPS) is 14.6. The Hall–Kier alpha value is -2.77. The van der Waals surface area contributed by atoms with E-state index in [-0.39, 0.29) is 12.6 Å². The van der Waals surface area contributed by atoms with Gasteiger partial charge in [0.1, 0.15) is 6.54 Å². The van der Waals surface area contributed by atoms with Crippen molar-refractivity contribution in [2.75, 3.05) is 0 Å². The molecule has 8 nitrogen and oxygen atoms in total. The number of nitrogens with one attached hydrogen (secondary N) is 2. The first-order valence-corrected chi connectivity index (χ1v) is 9.00. The molecular formula is C18H24N6O2. The fraction of sp³-hybridized carbons (Fsp3) is 0.500. The summed E-state index contributed by atoms with van der Waals surface area (Å²) in [5, 5.41) is 17.2. The number of rotatable bonds is 5. The molecule has 1 aromatic carbocycles. The van der Waals surface area contributed by atoms with Crippen molar-refractivity contribution in [1.82, 2.24) is 30.8 Å². The molecule has 0 atom stereocenters. The Labute approximate surface area is 152 Å². The maximum Gasteiger partial charge on any atom is 0.321 e. The molecule has 1 heterocycles. The van der Waals surface area contributed by atoms with Crippen molar-refractivity contribution < 1.29 is 9.59 Å². The third-order valence-electron chi connectivity index (χ3n) is 4.52. The zero-order valence-corrected chi connectivity index (χ0v) is 15.1. The number of benzene rings is 1. The van der Waals surface area contributed by atoms with Crippen LogP contribution in [-0.4, -0.2) is 38.2 Å². The quantitative estimate of drug-likeness (QED) is 0.855. The van der Waals surface area contributed by atoms with E-state index < -0.39 is 11.9 Å². The zero-order valence-electron chi connectivity index (χ0n) is 15.1. The van der Waals surface area contributed by atoms with Gasteiger partial charge >= 0.3 is 6.03 Å². The van der Waals surface area contributed by atoms with E-state index >= 15 is 0 Å². The van der Waals surface area contributed by atoms with E-state index in [2.05, 4.69) is 39.9 Å². The molecule has 2 aromatic rings. The Kier molecular flexibility index (Phi) is 5.60. The number of imide groups is 1. The molecule has 1 aliphatic rings. The van der Waals surface area contributed by atoms with E-state index in [9.17, 15) is 9.59 Å². The molecule has 1 saturated carbocycles. The second-order valence-corrected chi connectivity index (χ2v) is 6.92. The summed E-state index contributed by atoms with van der Waals surface area (Å²) < 4.78 is 0. The van der Waals surface area contributed by atoms with Crippen LogP contribution < -0.4 is 10.6 Å². The van der Waals surface area contributed by atoms with Crippen molar-refractivity contribution in [2.45, 2.75) is 58.0 Å². The number of tetrazole rings is 1. The summed E-state index contributed by atoms with van der Waals surface area (Å²) in [6.07, 6.45) is 4.15. The smallest absolute Gasteiger partial charge is 0.321 e. The van der Waals surface area contributed by atoms with Crippen LogP contribution in [0.4, 0.5) is 4.79 Å². The van der Waals surface area contributed by atoms with Gasteiger partial charge in [-0.2, -0.15) is 4.80 Å². The third-order valence-corrected chi connectivity index (χ3v) is 4.52. The number of amides is 3. The number of nitrogens with zero attached hydrogens (tertiary/aromatic N) is 4. The lowest BCUT2D eigenvalue weighted by Gasteiger charge is -2.11. The van der Waals surface area contributed by atoms with Crippen LogP contribution in [0.2, 0.25) is 0 Å². The average molecular weight is 356 g/mol. The molecule has 26 heavy (non-hydrogen) atoms. The molecule has 0 saturated heterocycles. The molecule has 0 unspecified atom stereocenters. The van der Waals surface area contributed by atoms with Gasteiger partial charge in [0.25, 0.3) is 5.91 Å². The van der Waals surface area contributed by atoms with Crippen LogP contribution in [0.15, 0.2) is 24.3 Å².